The van der Waals surface area contributed by atoms with E-state index >= 15 is 0 Å². The maximum atomic E-state index is 14.4. The predicted molar refractivity (Wildman–Crippen MR) is 112 cm³/mol. The molecule has 2 aromatic rings. The molecular formula is C22H25FN2O2S. The molecule has 4 nitrogen and oxygen atoms in total. The number of carbonyl (C=O) groups excluding carboxylic acids is 2. The molecule has 1 fully saturated rings. The number of rotatable bonds is 6. The lowest BCUT2D eigenvalue weighted by Crippen LogP contribution is -2.50. The highest BCUT2D eigenvalue weighted by Gasteiger charge is 2.26. The summed E-state index contributed by atoms with van der Waals surface area (Å²) in [7, 11) is 0. The minimum Gasteiger partial charge on any atom is -0.366 e. The van der Waals surface area contributed by atoms with Gasteiger partial charge >= 0.3 is 0 Å². The van der Waals surface area contributed by atoms with Crippen molar-refractivity contribution in [3.05, 3.63) is 65.5 Å². The molecular weight excluding hydrogens is 375 g/mol. The molecule has 1 atom stereocenters. The first-order valence-electron chi connectivity index (χ1n) is 9.45. The van der Waals surface area contributed by atoms with Gasteiger partial charge in [-0.15, -0.1) is 11.8 Å². The van der Waals surface area contributed by atoms with Crippen molar-refractivity contribution in [3.8, 4) is 0 Å². The van der Waals surface area contributed by atoms with E-state index in [0.29, 0.717) is 37.4 Å². The first-order chi connectivity index (χ1) is 13.5. The number of piperazine rings is 1. The van der Waals surface area contributed by atoms with Crippen molar-refractivity contribution < 1.29 is 14.0 Å². The second-order valence-corrected chi connectivity index (χ2v) is 8.30. The summed E-state index contributed by atoms with van der Waals surface area (Å²) in [6.45, 7) is 5.68. The van der Waals surface area contributed by atoms with E-state index in [0.717, 1.165) is 5.75 Å². The molecule has 0 N–H and O–H groups in total. The Kier molecular flexibility index (Phi) is 6.73. The third-order valence-corrected chi connectivity index (χ3v) is 6.18. The van der Waals surface area contributed by atoms with Crippen LogP contribution in [0.2, 0.25) is 0 Å². The summed E-state index contributed by atoms with van der Waals surface area (Å²) in [4.78, 5) is 27.9. The second kappa shape index (κ2) is 9.24. The van der Waals surface area contributed by atoms with E-state index in [1.165, 1.54) is 18.6 Å². The third-order valence-electron chi connectivity index (χ3n) is 4.98. The van der Waals surface area contributed by atoms with Crippen LogP contribution in [0.3, 0.4) is 0 Å². The first kappa shape index (κ1) is 20.4. The Bertz CT molecular complexity index is 836. The standard InChI is InChI=1S/C22H25FN2O2S/c1-16(26)19-8-9-21(20(23)14-19)24-10-12-25(13-11-24)22(27)17(2)28-15-18-6-4-3-5-7-18/h3-9,14,17H,10-13,15H2,1-2H3. The average molecular weight is 401 g/mol. The summed E-state index contributed by atoms with van der Waals surface area (Å²) in [5, 5.41) is -0.113. The van der Waals surface area contributed by atoms with E-state index in [-0.39, 0.29) is 22.8 Å². The van der Waals surface area contributed by atoms with Gasteiger partial charge in [-0.1, -0.05) is 30.3 Å². The van der Waals surface area contributed by atoms with E-state index in [2.05, 4.69) is 12.1 Å². The number of hydrogen-bond donors (Lipinski definition) is 0. The summed E-state index contributed by atoms with van der Waals surface area (Å²) in [6.07, 6.45) is 0. The van der Waals surface area contributed by atoms with Gasteiger partial charge in [-0.25, -0.2) is 4.39 Å². The van der Waals surface area contributed by atoms with Crippen LogP contribution in [-0.2, 0) is 10.5 Å². The highest BCUT2D eigenvalue weighted by atomic mass is 32.2. The van der Waals surface area contributed by atoms with Crippen molar-refractivity contribution in [2.45, 2.75) is 24.9 Å². The highest BCUT2D eigenvalue weighted by molar-refractivity contribution is 7.99. The third kappa shape index (κ3) is 4.93. The van der Waals surface area contributed by atoms with Crippen molar-refractivity contribution in [1.29, 1.82) is 0 Å². The number of hydrogen-bond acceptors (Lipinski definition) is 4. The Labute approximate surface area is 169 Å². The fourth-order valence-electron chi connectivity index (χ4n) is 3.27. The lowest BCUT2D eigenvalue weighted by Gasteiger charge is -2.37. The minimum absolute atomic E-state index is 0.113. The van der Waals surface area contributed by atoms with E-state index in [1.807, 2.05) is 34.9 Å². The van der Waals surface area contributed by atoms with Gasteiger partial charge in [0.2, 0.25) is 5.91 Å². The molecule has 1 amide bonds. The minimum atomic E-state index is -0.390. The summed E-state index contributed by atoms with van der Waals surface area (Å²) in [5.41, 5.74) is 2.07. The quantitative estimate of drug-likeness (QED) is 0.688. The topological polar surface area (TPSA) is 40.6 Å². The Balaban J connectivity index is 1.53. The van der Waals surface area contributed by atoms with Crippen molar-refractivity contribution in [1.82, 2.24) is 4.90 Å². The van der Waals surface area contributed by atoms with Crippen LogP contribution in [-0.4, -0.2) is 48.0 Å². The molecule has 1 aliphatic rings. The van der Waals surface area contributed by atoms with E-state index < -0.39 is 0 Å². The van der Waals surface area contributed by atoms with Gasteiger partial charge < -0.3 is 9.80 Å². The predicted octanol–water partition coefficient (Wildman–Crippen LogP) is 4.00. The molecule has 1 aliphatic heterocycles. The summed E-state index contributed by atoms with van der Waals surface area (Å²) >= 11 is 1.64. The van der Waals surface area contributed by atoms with Gasteiger partial charge in [0.25, 0.3) is 0 Å². The van der Waals surface area contributed by atoms with Crippen LogP contribution in [0.1, 0.15) is 29.8 Å². The molecule has 1 saturated heterocycles. The van der Waals surface area contributed by atoms with Gasteiger partial charge in [0.1, 0.15) is 5.82 Å². The van der Waals surface area contributed by atoms with Gasteiger partial charge in [-0.3, -0.25) is 9.59 Å². The lowest BCUT2D eigenvalue weighted by molar-refractivity contribution is -0.130. The molecule has 0 bridgehead atoms. The van der Waals surface area contributed by atoms with Crippen molar-refractivity contribution in [2.75, 3.05) is 31.1 Å². The number of thioether (sulfide) groups is 1. The normalized spacial score (nSPS) is 15.4. The molecule has 0 saturated carbocycles. The molecule has 6 heteroatoms. The molecule has 0 radical (unpaired) electrons. The second-order valence-electron chi connectivity index (χ2n) is 6.97. The zero-order valence-electron chi connectivity index (χ0n) is 16.2. The number of carbonyl (C=O) groups is 2. The lowest BCUT2D eigenvalue weighted by atomic mass is 10.1. The number of Topliss-reactive ketones (excluding diaryl/α,β-unsaturated/α-hetero) is 1. The van der Waals surface area contributed by atoms with Crippen LogP contribution in [0.15, 0.2) is 48.5 Å². The first-order valence-corrected chi connectivity index (χ1v) is 10.5. The van der Waals surface area contributed by atoms with Gasteiger partial charge in [-0.05, 0) is 37.6 Å². The average Bonchev–Trinajstić information content (AvgIpc) is 2.72. The number of amides is 1. The number of nitrogens with zero attached hydrogens (tertiary/aromatic N) is 2. The summed E-state index contributed by atoms with van der Waals surface area (Å²) in [6, 6.07) is 14.7. The van der Waals surface area contributed by atoms with Crippen LogP contribution in [0.25, 0.3) is 0 Å². The molecule has 1 heterocycles. The van der Waals surface area contributed by atoms with Crippen LogP contribution < -0.4 is 4.90 Å². The molecule has 0 spiro atoms. The van der Waals surface area contributed by atoms with Crippen molar-refractivity contribution >= 4 is 29.1 Å². The zero-order valence-corrected chi connectivity index (χ0v) is 17.0. The fraction of sp³-hybridized carbons (Fsp3) is 0.364. The van der Waals surface area contributed by atoms with Gasteiger partial charge in [-0.2, -0.15) is 0 Å². The maximum Gasteiger partial charge on any atom is 0.235 e. The highest BCUT2D eigenvalue weighted by Crippen LogP contribution is 2.24. The van der Waals surface area contributed by atoms with Gasteiger partial charge in [0.15, 0.2) is 5.78 Å². The number of ketones is 1. The van der Waals surface area contributed by atoms with Gasteiger partial charge in [0.05, 0.1) is 10.9 Å². The molecule has 28 heavy (non-hydrogen) atoms. The molecule has 0 aliphatic carbocycles. The Morgan fingerprint density at radius 3 is 2.36 bits per heavy atom. The molecule has 0 aromatic heterocycles. The molecule has 3 rings (SSSR count). The number of halogens is 1. The smallest absolute Gasteiger partial charge is 0.235 e. The SMILES string of the molecule is CC(=O)c1ccc(N2CCN(C(=O)C(C)SCc3ccccc3)CC2)c(F)c1. The van der Waals surface area contributed by atoms with Gasteiger partial charge in [0, 0.05) is 37.5 Å². The Morgan fingerprint density at radius 2 is 1.75 bits per heavy atom. The maximum absolute atomic E-state index is 14.4. The summed E-state index contributed by atoms with van der Waals surface area (Å²) in [5.74, 6) is 0.400. The van der Waals surface area contributed by atoms with Crippen LogP contribution in [0, 0.1) is 5.82 Å². The van der Waals surface area contributed by atoms with Crippen LogP contribution in [0.5, 0.6) is 0 Å². The monoisotopic (exact) mass is 400 g/mol. The molecule has 1 unspecified atom stereocenters. The van der Waals surface area contributed by atoms with Crippen LogP contribution >= 0.6 is 11.8 Å². The molecule has 148 valence electrons. The summed E-state index contributed by atoms with van der Waals surface area (Å²) < 4.78 is 14.4. The van der Waals surface area contributed by atoms with Crippen molar-refractivity contribution in [3.63, 3.8) is 0 Å². The fourth-order valence-corrected chi connectivity index (χ4v) is 4.20. The van der Waals surface area contributed by atoms with Crippen molar-refractivity contribution in [2.24, 2.45) is 0 Å². The Hall–Kier alpha value is -2.34. The zero-order chi connectivity index (χ0) is 20.1. The Morgan fingerprint density at radius 1 is 1.07 bits per heavy atom. The molecule has 2 aromatic carbocycles. The number of anilines is 1. The van der Waals surface area contributed by atoms with E-state index in [9.17, 15) is 14.0 Å². The van der Waals surface area contributed by atoms with Crippen LogP contribution in [0.4, 0.5) is 10.1 Å². The number of benzene rings is 2. The van der Waals surface area contributed by atoms with E-state index in [4.69, 9.17) is 0 Å². The largest absolute Gasteiger partial charge is 0.366 e. The van der Waals surface area contributed by atoms with E-state index in [1.54, 1.807) is 23.9 Å².